The monoisotopic (exact) mass is 412 g/mol. The summed E-state index contributed by atoms with van der Waals surface area (Å²) in [6, 6.07) is 31.2. The van der Waals surface area contributed by atoms with Crippen molar-refractivity contribution in [2.75, 3.05) is 13.0 Å². The first kappa shape index (κ1) is 19.6. The zero-order chi connectivity index (χ0) is 19.3. The van der Waals surface area contributed by atoms with E-state index in [0.717, 1.165) is 41.8 Å². The van der Waals surface area contributed by atoms with Gasteiger partial charge in [0.15, 0.2) is 0 Å². The Bertz CT molecular complexity index is 781. The summed E-state index contributed by atoms with van der Waals surface area (Å²) in [4.78, 5) is 0. The van der Waals surface area contributed by atoms with E-state index in [9.17, 15) is 0 Å². The van der Waals surface area contributed by atoms with Crippen LogP contribution in [0.25, 0.3) is 0 Å². The zero-order valence-corrected chi connectivity index (χ0v) is 17.6. The van der Waals surface area contributed by atoms with E-state index >= 15 is 0 Å². The van der Waals surface area contributed by atoms with Crippen LogP contribution in [-0.2, 0) is 9.47 Å². The van der Waals surface area contributed by atoms with Gasteiger partial charge in [0.25, 0.3) is 0 Å². The quantitative estimate of drug-likeness (QED) is 0.520. The van der Waals surface area contributed by atoms with Gasteiger partial charge in [0.1, 0.15) is 0 Å². The molecule has 4 heteroatoms. The van der Waals surface area contributed by atoms with Crippen molar-refractivity contribution in [1.82, 2.24) is 0 Å². The third-order valence-corrected chi connectivity index (χ3v) is 12.3. The Morgan fingerprint density at radius 2 is 1.21 bits per heavy atom. The number of hydrogen-bond acceptors (Lipinski definition) is 2. The summed E-state index contributed by atoms with van der Waals surface area (Å²) in [5.41, 5.74) is 0. The predicted octanol–water partition coefficient (Wildman–Crippen LogP) is 5.17. The van der Waals surface area contributed by atoms with E-state index in [0.29, 0.717) is 6.35 Å². The number of hydrogen-bond donors (Lipinski definition) is 0. The van der Waals surface area contributed by atoms with Crippen LogP contribution >= 0.6 is 17.2 Å². The van der Waals surface area contributed by atoms with Gasteiger partial charge in [-0.05, 0) is 0 Å². The first-order chi connectivity index (χ1) is 13.7. The summed E-state index contributed by atoms with van der Waals surface area (Å²) in [6.45, 7) is 0.755. The Morgan fingerprint density at radius 3 is 1.61 bits per heavy atom. The molecule has 1 heterocycles. The maximum absolute atomic E-state index is 7.94. The molecule has 2 nitrogen and oxygen atoms in total. The van der Waals surface area contributed by atoms with Crippen LogP contribution in [0.2, 0.25) is 0 Å². The van der Waals surface area contributed by atoms with Crippen LogP contribution in [0.4, 0.5) is 0 Å². The average molecular weight is 413 g/mol. The molecule has 3 aromatic rings. The van der Waals surface area contributed by atoms with Crippen LogP contribution in [-0.4, -0.2) is 19.2 Å². The summed E-state index contributed by atoms with van der Waals surface area (Å²) in [5.74, 6) is -3.35. The van der Waals surface area contributed by atoms with E-state index < -0.39 is 5.96 Å². The van der Waals surface area contributed by atoms with Crippen LogP contribution in [0.15, 0.2) is 91.0 Å². The molecular weight excluding hydrogens is 387 g/mol. The first-order valence-electron chi connectivity index (χ1n) is 9.85. The van der Waals surface area contributed by atoms with Gasteiger partial charge < -0.3 is 0 Å². The molecule has 0 aliphatic carbocycles. The van der Waals surface area contributed by atoms with Crippen molar-refractivity contribution in [2.24, 2.45) is 0 Å². The average Bonchev–Trinajstić information content (AvgIpc) is 2.80. The molecule has 1 aliphatic rings. The molecule has 0 saturated carbocycles. The second-order valence-corrected chi connectivity index (χ2v) is 13.7. The van der Waals surface area contributed by atoms with Crippen molar-refractivity contribution in [2.45, 2.75) is 25.6 Å². The van der Waals surface area contributed by atoms with Gasteiger partial charge in [-0.3, -0.25) is 0 Å². The van der Waals surface area contributed by atoms with Crippen molar-refractivity contribution >= 4 is 33.1 Å². The van der Waals surface area contributed by atoms with E-state index in [2.05, 4.69) is 72.8 Å². The minimum atomic E-state index is -3.35. The summed E-state index contributed by atoms with van der Waals surface area (Å²) < 4.78 is 12.3. The van der Waals surface area contributed by atoms with E-state index in [-0.39, 0.29) is 6.29 Å². The fourth-order valence-electron chi connectivity index (χ4n) is 3.95. The second-order valence-electron chi connectivity index (χ2n) is 7.28. The van der Waals surface area contributed by atoms with E-state index in [4.69, 9.17) is 20.7 Å². The van der Waals surface area contributed by atoms with Gasteiger partial charge >= 0.3 is 172 Å². The van der Waals surface area contributed by atoms with Crippen molar-refractivity contribution in [1.29, 1.82) is 0 Å². The standard InChI is InChI=1S/C24H26ClO2P/c25-28(21-12-4-1-5-13-21,22-14-6-2-7-15-22,23-16-8-3-9-17-23)20-27-24-18-10-11-19-26-24/h1-9,12-17,24H,10-11,18-20H2. The number of ether oxygens (including phenoxy) is 2. The minimum absolute atomic E-state index is 0.190. The van der Waals surface area contributed by atoms with Gasteiger partial charge in [-0.15, -0.1) is 0 Å². The molecule has 0 bridgehead atoms. The van der Waals surface area contributed by atoms with Gasteiger partial charge in [-0.25, -0.2) is 0 Å². The third kappa shape index (κ3) is 3.51. The van der Waals surface area contributed by atoms with Gasteiger partial charge in [-0.2, -0.15) is 0 Å². The van der Waals surface area contributed by atoms with Crippen LogP contribution in [0.1, 0.15) is 19.3 Å². The molecule has 0 N–H and O–H groups in total. The Labute approximate surface area is 172 Å². The van der Waals surface area contributed by atoms with E-state index in [1.54, 1.807) is 0 Å². The topological polar surface area (TPSA) is 18.5 Å². The van der Waals surface area contributed by atoms with Crippen LogP contribution in [0, 0.1) is 0 Å². The maximum atomic E-state index is 7.94. The molecule has 1 aliphatic heterocycles. The van der Waals surface area contributed by atoms with E-state index in [1.165, 1.54) is 0 Å². The fraction of sp³-hybridized carbons (Fsp3) is 0.250. The Balaban J connectivity index is 1.89. The molecule has 1 unspecified atom stereocenters. The Morgan fingerprint density at radius 1 is 0.750 bits per heavy atom. The number of benzene rings is 3. The SMILES string of the molecule is ClP(COC1CCCCO1)(c1ccccc1)(c1ccccc1)c1ccccc1. The number of halogens is 1. The second kappa shape index (κ2) is 8.35. The van der Waals surface area contributed by atoms with Gasteiger partial charge in [0.2, 0.25) is 0 Å². The van der Waals surface area contributed by atoms with Gasteiger partial charge in [-0.1, -0.05) is 0 Å². The van der Waals surface area contributed by atoms with Crippen LogP contribution in [0.5, 0.6) is 0 Å². The molecule has 146 valence electrons. The molecule has 0 spiro atoms. The molecule has 28 heavy (non-hydrogen) atoms. The molecule has 1 saturated heterocycles. The third-order valence-electron chi connectivity index (χ3n) is 5.52. The molecule has 0 amide bonds. The summed E-state index contributed by atoms with van der Waals surface area (Å²) >= 11 is 7.94. The van der Waals surface area contributed by atoms with Crippen LogP contribution < -0.4 is 15.9 Å². The summed E-state index contributed by atoms with van der Waals surface area (Å²) in [6.07, 6.45) is 3.37. The molecule has 1 atom stereocenters. The molecule has 1 fully saturated rings. The molecule has 3 aromatic carbocycles. The molecule has 0 aromatic heterocycles. The van der Waals surface area contributed by atoms with E-state index in [1.807, 2.05) is 18.2 Å². The van der Waals surface area contributed by atoms with Crippen molar-refractivity contribution in [3.05, 3.63) is 91.0 Å². The van der Waals surface area contributed by atoms with Crippen molar-refractivity contribution in [3.8, 4) is 0 Å². The van der Waals surface area contributed by atoms with Crippen LogP contribution in [0.3, 0.4) is 0 Å². The molecule has 4 rings (SSSR count). The predicted molar refractivity (Wildman–Crippen MR) is 121 cm³/mol. The fourth-order valence-corrected chi connectivity index (χ4v) is 9.31. The summed E-state index contributed by atoms with van der Waals surface area (Å²) in [7, 11) is 0. The van der Waals surface area contributed by atoms with Crippen molar-refractivity contribution in [3.63, 3.8) is 0 Å². The normalized spacial score (nSPS) is 18.9. The van der Waals surface area contributed by atoms with Gasteiger partial charge in [0.05, 0.1) is 0 Å². The number of rotatable bonds is 6. The first-order valence-corrected chi connectivity index (χ1v) is 13.2. The van der Waals surface area contributed by atoms with Gasteiger partial charge in [0, 0.05) is 0 Å². The van der Waals surface area contributed by atoms with Crippen molar-refractivity contribution < 1.29 is 9.47 Å². The zero-order valence-electron chi connectivity index (χ0n) is 15.9. The molecular formula is C24H26ClO2P. The molecule has 0 radical (unpaired) electrons. The Hall–Kier alpha value is -1.70. The summed E-state index contributed by atoms with van der Waals surface area (Å²) in [5, 5.41) is 3.34. The Kier molecular flexibility index (Phi) is 5.85.